The Morgan fingerprint density at radius 2 is 1.79 bits per heavy atom. The van der Waals surface area contributed by atoms with Crippen LogP contribution in [0.5, 0.6) is 0 Å². The van der Waals surface area contributed by atoms with E-state index in [0.717, 1.165) is 18.2 Å². The summed E-state index contributed by atoms with van der Waals surface area (Å²) in [6.07, 6.45) is -3.09. The van der Waals surface area contributed by atoms with Crippen LogP contribution in [-0.2, 0) is 11.0 Å². The van der Waals surface area contributed by atoms with Crippen LogP contribution in [0.15, 0.2) is 54.7 Å². The van der Waals surface area contributed by atoms with Crippen molar-refractivity contribution in [1.29, 1.82) is 0 Å². The molecule has 29 heavy (non-hydrogen) atoms. The Morgan fingerprint density at radius 1 is 1.03 bits per heavy atom. The zero-order valence-corrected chi connectivity index (χ0v) is 15.7. The molecule has 10 heteroatoms. The SMILES string of the molecule is CC(=O)Nc1ccc(C(F)(F)F)cc1NC(=O)c1ccn(-c2cccc(Cl)c2)n1. The number of alkyl halides is 3. The van der Waals surface area contributed by atoms with E-state index in [1.165, 1.54) is 23.9 Å². The van der Waals surface area contributed by atoms with E-state index < -0.39 is 23.6 Å². The van der Waals surface area contributed by atoms with E-state index in [-0.39, 0.29) is 17.1 Å². The Kier molecular flexibility index (Phi) is 5.60. The van der Waals surface area contributed by atoms with Gasteiger partial charge >= 0.3 is 6.18 Å². The molecule has 2 aromatic carbocycles. The summed E-state index contributed by atoms with van der Waals surface area (Å²) >= 11 is 5.94. The number of nitrogens with one attached hydrogen (secondary N) is 2. The smallest absolute Gasteiger partial charge is 0.325 e. The molecule has 0 saturated heterocycles. The van der Waals surface area contributed by atoms with Gasteiger partial charge in [0.05, 0.1) is 22.6 Å². The van der Waals surface area contributed by atoms with Gasteiger partial charge in [-0.2, -0.15) is 18.3 Å². The van der Waals surface area contributed by atoms with Crippen LogP contribution in [0, 0.1) is 0 Å². The largest absolute Gasteiger partial charge is 0.416 e. The maximum Gasteiger partial charge on any atom is 0.416 e. The van der Waals surface area contributed by atoms with Gasteiger partial charge in [-0.05, 0) is 42.5 Å². The summed E-state index contributed by atoms with van der Waals surface area (Å²) in [7, 11) is 0. The highest BCUT2D eigenvalue weighted by Gasteiger charge is 2.31. The zero-order chi connectivity index (χ0) is 21.2. The number of amides is 2. The van der Waals surface area contributed by atoms with E-state index in [1.54, 1.807) is 24.3 Å². The van der Waals surface area contributed by atoms with Gasteiger partial charge < -0.3 is 10.6 Å². The maximum atomic E-state index is 13.0. The highest BCUT2D eigenvalue weighted by molar-refractivity contribution is 6.30. The Bertz CT molecular complexity index is 1080. The van der Waals surface area contributed by atoms with Crippen molar-refractivity contribution in [2.45, 2.75) is 13.1 Å². The first-order valence-corrected chi connectivity index (χ1v) is 8.63. The molecule has 0 aliphatic carbocycles. The summed E-state index contributed by atoms with van der Waals surface area (Å²) in [5.41, 5.74) is -0.553. The van der Waals surface area contributed by atoms with Crippen LogP contribution < -0.4 is 10.6 Å². The average molecular weight is 423 g/mol. The van der Waals surface area contributed by atoms with E-state index in [2.05, 4.69) is 15.7 Å². The summed E-state index contributed by atoms with van der Waals surface area (Å²) in [5.74, 6) is -1.23. The fourth-order valence-corrected chi connectivity index (χ4v) is 2.70. The van der Waals surface area contributed by atoms with E-state index in [4.69, 9.17) is 11.6 Å². The number of hydrogen-bond acceptors (Lipinski definition) is 3. The lowest BCUT2D eigenvalue weighted by Gasteiger charge is -2.14. The molecule has 0 radical (unpaired) electrons. The lowest BCUT2D eigenvalue weighted by molar-refractivity contribution is -0.137. The van der Waals surface area contributed by atoms with Crippen molar-refractivity contribution in [3.8, 4) is 5.69 Å². The molecule has 0 aliphatic rings. The molecule has 1 aromatic heterocycles. The maximum absolute atomic E-state index is 13.0. The van der Waals surface area contributed by atoms with Crippen LogP contribution in [0.4, 0.5) is 24.5 Å². The van der Waals surface area contributed by atoms with Crippen molar-refractivity contribution in [2.75, 3.05) is 10.6 Å². The van der Waals surface area contributed by atoms with E-state index >= 15 is 0 Å². The van der Waals surface area contributed by atoms with E-state index in [9.17, 15) is 22.8 Å². The van der Waals surface area contributed by atoms with Crippen molar-refractivity contribution in [3.63, 3.8) is 0 Å². The Morgan fingerprint density at radius 3 is 2.45 bits per heavy atom. The molecule has 0 unspecified atom stereocenters. The molecule has 0 fully saturated rings. The summed E-state index contributed by atoms with van der Waals surface area (Å²) < 4.78 is 40.5. The summed E-state index contributed by atoms with van der Waals surface area (Å²) in [6, 6.07) is 10.8. The van der Waals surface area contributed by atoms with Crippen LogP contribution in [0.2, 0.25) is 5.02 Å². The minimum atomic E-state index is -4.61. The summed E-state index contributed by atoms with van der Waals surface area (Å²) in [6.45, 7) is 1.20. The molecule has 6 nitrogen and oxygen atoms in total. The third-order valence-electron chi connectivity index (χ3n) is 3.80. The first-order chi connectivity index (χ1) is 13.6. The molecule has 0 aliphatic heterocycles. The fourth-order valence-electron chi connectivity index (χ4n) is 2.52. The van der Waals surface area contributed by atoms with Gasteiger partial charge in [0.2, 0.25) is 5.91 Å². The van der Waals surface area contributed by atoms with Crippen molar-refractivity contribution in [2.24, 2.45) is 0 Å². The van der Waals surface area contributed by atoms with Crippen LogP contribution in [0.25, 0.3) is 5.69 Å². The molecule has 3 aromatic rings. The third-order valence-corrected chi connectivity index (χ3v) is 4.04. The number of anilines is 2. The second-order valence-electron chi connectivity index (χ2n) is 6.02. The third kappa shape index (κ3) is 4.94. The minimum Gasteiger partial charge on any atom is -0.325 e. The van der Waals surface area contributed by atoms with Crippen molar-refractivity contribution >= 4 is 34.8 Å². The molecule has 1 heterocycles. The number of benzene rings is 2. The molecule has 2 amide bonds. The van der Waals surface area contributed by atoms with Crippen molar-refractivity contribution in [1.82, 2.24) is 9.78 Å². The monoisotopic (exact) mass is 422 g/mol. The van der Waals surface area contributed by atoms with Gasteiger partial charge in [0, 0.05) is 18.1 Å². The van der Waals surface area contributed by atoms with Gasteiger partial charge in [0.25, 0.3) is 5.91 Å². The molecular weight excluding hydrogens is 409 g/mol. The molecule has 2 N–H and O–H groups in total. The Labute approximate surface area is 168 Å². The zero-order valence-electron chi connectivity index (χ0n) is 14.9. The number of aromatic nitrogens is 2. The minimum absolute atomic E-state index is 0.0313. The lowest BCUT2D eigenvalue weighted by Crippen LogP contribution is -2.17. The molecule has 0 saturated carbocycles. The molecule has 0 spiro atoms. The van der Waals surface area contributed by atoms with Gasteiger partial charge in [0.1, 0.15) is 0 Å². The summed E-state index contributed by atoms with van der Waals surface area (Å²) in [4.78, 5) is 23.8. The highest BCUT2D eigenvalue weighted by Crippen LogP contribution is 2.34. The highest BCUT2D eigenvalue weighted by atomic mass is 35.5. The second-order valence-corrected chi connectivity index (χ2v) is 6.46. The van der Waals surface area contributed by atoms with Gasteiger partial charge in [-0.1, -0.05) is 17.7 Å². The molecule has 0 atom stereocenters. The standard InChI is InChI=1S/C19H14ClF3N4O2/c1-11(28)24-15-6-5-12(19(21,22)23)9-17(15)25-18(29)16-7-8-27(26-16)14-4-2-3-13(20)10-14/h2-10H,1H3,(H,24,28)(H,25,29). The second kappa shape index (κ2) is 7.96. The quantitative estimate of drug-likeness (QED) is 0.636. The molecule has 3 rings (SSSR count). The van der Waals surface area contributed by atoms with Gasteiger partial charge in [-0.15, -0.1) is 0 Å². The lowest BCUT2D eigenvalue weighted by atomic mass is 10.1. The molecular formula is C19H14ClF3N4O2. The first-order valence-electron chi connectivity index (χ1n) is 8.25. The molecule has 150 valence electrons. The van der Waals surface area contributed by atoms with Crippen molar-refractivity contribution in [3.05, 3.63) is 71.0 Å². The van der Waals surface area contributed by atoms with Crippen LogP contribution in [0.3, 0.4) is 0 Å². The Hall–Kier alpha value is -3.33. The first kappa shape index (κ1) is 20.4. The topological polar surface area (TPSA) is 76.0 Å². The van der Waals surface area contributed by atoms with Crippen LogP contribution in [-0.4, -0.2) is 21.6 Å². The number of rotatable bonds is 4. The van der Waals surface area contributed by atoms with Gasteiger partial charge in [-0.3, -0.25) is 9.59 Å². The van der Waals surface area contributed by atoms with E-state index in [0.29, 0.717) is 10.7 Å². The normalized spacial score (nSPS) is 11.2. The van der Waals surface area contributed by atoms with Crippen molar-refractivity contribution < 1.29 is 22.8 Å². The number of halogens is 4. The fraction of sp³-hybridized carbons (Fsp3) is 0.105. The summed E-state index contributed by atoms with van der Waals surface area (Å²) in [5, 5.41) is 9.35. The van der Waals surface area contributed by atoms with Gasteiger partial charge in [0.15, 0.2) is 5.69 Å². The number of hydrogen-bond donors (Lipinski definition) is 2. The number of carbonyl (C=O) groups excluding carboxylic acids is 2. The van der Waals surface area contributed by atoms with Crippen LogP contribution >= 0.6 is 11.6 Å². The molecule has 0 bridgehead atoms. The Balaban J connectivity index is 1.89. The average Bonchev–Trinajstić information content (AvgIpc) is 3.12. The number of nitrogens with zero attached hydrogens (tertiary/aromatic N) is 2. The predicted octanol–water partition coefficient (Wildman–Crippen LogP) is 4.76. The van der Waals surface area contributed by atoms with Gasteiger partial charge in [-0.25, -0.2) is 4.68 Å². The van der Waals surface area contributed by atoms with E-state index in [1.807, 2.05) is 0 Å². The van der Waals surface area contributed by atoms with Crippen LogP contribution in [0.1, 0.15) is 23.0 Å². The number of carbonyl (C=O) groups is 2. The predicted molar refractivity (Wildman–Crippen MR) is 102 cm³/mol.